The molecule has 1 aliphatic heterocycles. The number of hydrogen-bond acceptors (Lipinski definition) is 4. The highest BCUT2D eigenvalue weighted by Crippen LogP contribution is 2.14. The predicted molar refractivity (Wildman–Crippen MR) is 73.4 cm³/mol. The molecule has 1 aromatic carbocycles. The van der Waals surface area contributed by atoms with Crippen molar-refractivity contribution in [2.75, 3.05) is 20.3 Å². The molecule has 6 nitrogen and oxygen atoms in total. The van der Waals surface area contributed by atoms with Crippen molar-refractivity contribution in [3.63, 3.8) is 0 Å². The molecule has 0 bridgehead atoms. The van der Waals surface area contributed by atoms with E-state index in [-0.39, 0.29) is 16.7 Å². The molecule has 0 amide bonds. The molecule has 0 aromatic heterocycles. The zero-order chi connectivity index (χ0) is 15.3. The number of carboxylic acid groups (broad SMARTS) is 2. The maximum absolute atomic E-state index is 10.6. The molecule has 1 aromatic rings. The van der Waals surface area contributed by atoms with E-state index in [1.165, 1.54) is 25.1 Å². The largest absolute Gasteiger partial charge is 0.478 e. The first-order chi connectivity index (χ1) is 9.30. The van der Waals surface area contributed by atoms with Gasteiger partial charge >= 0.3 is 11.9 Å². The Morgan fingerprint density at radius 1 is 1.20 bits per heavy atom. The fraction of sp³-hybridized carbons (Fsp3) is 0.429. The molecule has 20 heavy (non-hydrogen) atoms. The predicted octanol–water partition coefficient (Wildman–Crippen LogP) is 1.39. The van der Waals surface area contributed by atoms with E-state index in [9.17, 15) is 9.59 Å². The molecule has 3 N–H and O–H groups in total. The average Bonchev–Trinajstić information content (AvgIpc) is 2.36. The molecule has 0 radical (unpaired) electrons. The van der Waals surface area contributed by atoms with E-state index >= 15 is 0 Å². The topological polar surface area (TPSA) is 95.9 Å². The molecule has 1 aliphatic rings. The maximum atomic E-state index is 10.6. The SMILES string of the molecule is CNC1(C)COC1.Cc1c(C(=O)O)cccc1C(=O)O. The second kappa shape index (κ2) is 6.49. The number of benzene rings is 1. The van der Waals surface area contributed by atoms with Crippen molar-refractivity contribution in [2.45, 2.75) is 19.4 Å². The van der Waals surface area contributed by atoms with Crippen LogP contribution in [0.15, 0.2) is 18.2 Å². The Hall–Kier alpha value is -1.92. The second-order valence-electron chi connectivity index (χ2n) is 4.89. The first kappa shape index (κ1) is 16.1. The molecule has 0 unspecified atom stereocenters. The molecule has 2 rings (SSSR count). The fourth-order valence-corrected chi connectivity index (χ4v) is 1.65. The Balaban J connectivity index is 0.000000240. The Labute approximate surface area is 117 Å². The van der Waals surface area contributed by atoms with E-state index in [1.807, 2.05) is 7.05 Å². The molecule has 0 spiro atoms. The van der Waals surface area contributed by atoms with Crippen molar-refractivity contribution in [3.05, 3.63) is 34.9 Å². The minimum atomic E-state index is -1.11. The summed E-state index contributed by atoms with van der Waals surface area (Å²) in [7, 11) is 1.96. The average molecular weight is 281 g/mol. The monoisotopic (exact) mass is 281 g/mol. The minimum Gasteiger partial charge on any atom is -0.478 e. The molecule has 0 atom stereocenters. The summed E-state index contributed by atoms with van der Waals surface area (Å²) in [4.78, 5) is 21.2. The molecule has 1 heterocycles. The normalized spacial score (nSPS) is 15.6. The standard InChI is InChI=1S/C9H8O4.C5H11NO/c1-5-6(8(10)11)3-2-4-7(5)9(12)13;1-5(6-2)3-7-4-5/h2-4H,1H3,(H,10,11)(H,12,13);6H,3-4H2,1-2H3. The lowest BCUT2D eigenvalue weighted by molar-refractivity contribution is -0.0602. The van der Waals surface area contributed by atoms with Gasteiger partial charge in [0.25, 0.3) is 0 Å². The lowest BCUT2D eigenvalue weighted by Crippen LogP contribution is -2.56. The highest BCUT2D eigenvalue weighted by Gasteiger charge is 2.30. The van der Waals surface area contributed by atoms with Gasteiger partial charge in [0.2, 0.25) is 0 Å². The van der Waals surface area contributed by atoms with Gasteiger partial charge in [-0.1, -0.05) is 6.07 Å². The van der Waals surface area contributed by atoms with Gasteiger partial charge in [-0.2, -0.15) is 0 Å². The van der Waals surface area contributed by atoms with Gasteiger partial charge in [-0.05, 0) is 38.6 Å². The van der Waals surface area contributed by atoms with Crippen molar-refractivity contribution in [1.29, 1.82) is 0 Å². The fourth-order valence-electron chi connectivity index (χ4n) is 1.65. The highest BCUT2D eigenvalue weighted by atomic mass is 16.5. The van der Waals surface area contributed by atoms with Crippen molar-refractivity contribution in [1.82, 2.24) is 5.32 Å². The summed E-state index contributed by atoms with van der Waals surface area (Å²) in [5.41, 5.74) is 0.627. The van der Waals surface area contributed by atoms with Gasteiger partial charge in [0.1, 0.15) is 0 Å². The van der Waals surface area contributed by atoms with Crippen LogP contribution >= 0.6 is 0 Å². The summed E-state index contributed by atoms with van der Waals surface area (Å²) in [6.45, 7) is 5.36. The first-order valence-electron chi connectivity index (χ1n) is 6.13. The third kappa shape index (κ3) is 3.79. The van der Waals surface area contributed by atoms with Crippen LogP contribution in [-0.4, -0.2) is 48.0 Å². The van der Waals surface area contributed by atoms with Gasteiger partial charge in [-0.25, -0.2) is 9.59 Å². The van der Waals surface area contributed by atoms with Crippen molar-refractivity contribution in [3.8, 4) is 0 Å². The van der Waals surface area contributed by atoms with Crippen molar-refractivity contribution in [2.24, 2.45) is 0 Å². The number of nitrogens with one attached hydrogen (secondary N) is 1. The van der Waals surface area contributed by atoms with Gasteiger partial charge in [0, 0.05) is 0 Å². The summed E-state index contributed by atoms with van der Waals surface area (Å²) in [5, 5.41) is 20.5. The van der Waals surface area contributed by atoms with Crippen LogP contribution in [-0.2, 0) is 4.74 Å². The van der Waals surface area contributed by atoms with E-state index in [0.717, 1.165) is 13.2 Å². The van der Waals surface area contributed by atoms with Crippen molar-refractivity contribution < 1.29 is 24.5 Å². The molecular weight excluding hydrogens is 262 g/mol. The number of carboxylic acids is 2. The molecular formula is C14H19NO5. The van der Waals surface area contributed by atoms with Gasteiger partial charge in [0.15, 0.2) is 0 Å². The molecule has 1 saturated heterocycles. The number of hydrogen-bond donors (Lipinski definition) is 3. The number of likely N-dealkylation sites (N-methyl/N-ethyl adjacent to an activating group) is 1. The second-order valence-corrected chi connectivity index (χ2v) is 4.89. The van der Waals surface area contributed by atoms with Crippen LogP contribution in [0, 0.1) is 6.92 Å². The van der Waals surface area contributed by atoms with E-state index < -0.39 is 11.9 Å². The molecule has 0 saturated carbocycles. The van der Waals surface area contributed by atoms with Crippen LogP contribution in [0.1, 0.15) is 33.2 Å². The number of aromatic carboxylic acids is 2. The zero-order valence-electron chi connectivity index (χ0n) is 11.8. The van der Waals surface area contributed by atoms with Crippen molar-refractivity contribution >= 4 is 11.9 Å². The maximum Gasteiger partial charge on any atom is 0.335 e. The molecule has 110 valence electrons. The molecule has 6 heteroatoms. The Kier molecular flexibility index (Phi) is 5.24. The van der Waals surface area contributed by atoms with Crippen LogP contribution < -0.4 is 5.32 Å². The van der Waals surface area contributed by atoms with E-state index in [1.54, 1.807) is 0 Å². The van der Waals surface area contributed by atoms with Crippen LogP contribution in [0.2, 0.25) is 0 Å². The highest BCUT2D eigenvalue weighted by molar-refractivity contribution is 5.96. The van der Waals surface area contributed by atoms with Crippen LogP contribution in [0.4, 0.5) is 0 Å². The van der Waals surface area contributed by atoms with E-state index in [0.29, 0.717) is 5.54 Å². The number of carbonyl (C=O) groups is 2. The summed E-state index contributed by atoms with van der Waals surface area (Å²) >= 11 is 0. The minimum absolute atomic E-state index is 0.0277. The van der Waals surface area contributed by atoms with E-state index in [2.05, 4.69) is 12.2 Å². The van der Waals surface area contributed by atoms with Gasteiger partial charge < -0.3 is 20.3 Å². The lowest BCUT2D eigenvalue weighted by atomic mass is 10.0. The van der Waals surface area contributed by atoms with Gasteiger partial charge in [-0.3, -0.25) is 0 Å². The number of rotatable bonds is 3. The van der Waals surface area contributed by atoms with Crippen LogP contribution in [0.25, 0.3) is 0 Å². The quantitative estimate of drug-likeness (QED) is 0.774. The molecule has 1 fully saturated rings. The van der Waals surface area contributed by atoms with Gasteiger partial charge in [-0.15, -0.1) is 0 Å². The third-order valence-electron chi connectivity index (χ3n) is 3.24. The summed E-state index contributed by atoms with van der Waals surface area (Å²) in [6.07, 6.45) is 0. The Morgan fingerprint density at radius 3 is 1.85 bits per heavy atom. The lowest BCUT2D eigenvalue weighted by Gasteiger charge is -2.37. The summed E-state index contributed by atoms with van der Waals surface area (Å²) in [5.74, 6) is -2.22. The zero-order valence-corrected chi connectivity index (χ0v) is 11.8. The summed E-state index contributed by atoms with van der Waals surface area (Å²) < 4.78 is 4.97. The van der Waals surface area contributed by atoms with E-state index in [4.69, 9.17) is 14.9 Å². The van der Waals surface area contributed by atoms with Crippen LogP contribution in [0.5, 0.6) is 0 Å². The van der Waals surface area contributed by atoms with Gasteiger partial charge in [0.05, 0.1) is 29.9 Å². The van der Waals surface area contributed by atoms with Crippen LogP contribution in [0.3, 0.4) is 0 Å². The molecule has 0 aliphatic carbocycles. The Morgan fingerprint density at radius 2 is 1.65 bits per heavy atom. The summed E-state index contributed by atoms with van der Waals surface area (Å²) in [6, 6.07) is 4.17. The Bertz CT molecular complexity index is 471. The number of ether oxygens (including phenoxy) is 1. The third-order valence-corrected chi connectivity index (χ3v) is 3.24. The first-order valence-corrected chi connectivity index (χ1v) is 6.13. The smallest absolute Gasteiger partial charge is 0.335 e.